The summed E-state index contributed by atoms with van der Waals surface area (Å²) in [6.45, 7) is 2.39. The largest absolute Gasteiger partial charge is 0.382 e. The summed E-state index contributed by atoms with van der Waals surface area (Å²) in [7, 11) is 0. The van der Waals surface area contributed by atoms with E-state index in [1.54, 1.807) is 0 Å². The van der Waals surface area contributed by atoms with E-state index in [1.165, 1.54) is 0 Å². The van der Waals surface area contributed by atoms with Gasteiger partial charge in [-0.3, -0.25) is 29.4 Å². The van der Waals surface area contributed by atoms with Gasteiger partial charge < -0.3 is 20.1 Å². The molecule has 11 heteroatoms. The number of hydrogen-bond donors (Lipinski definition) is 4. The number of aliphatic hydroxyl groups is 3. The molecule has 4 N–H and O–H groups in total. The highest BCUT2D eigenvalue weighted by Gasteiger charge is 2.74. The molecule has 0 aromatic carbocycles. The van der Waals surface area contributed by atoms with Crippen molar-refractivity contribution in [2.45, 2.75) is 56.8 Å². The van der Waals surface area contributed by atoms with E-state index < -0.39 is 58.9 Å². The summed E-state index contributed by atoms with van der Waals surface area (Å²) in [5.41, 5.74) is -5.95. The van der Waals surface area contributed by atoms with E-state index in [0.717, 1.165) is 25.7 Å². The number of imide groups is 1. The zero-order valence-electron chi connectivity index (χ0n) is 14.4. The Kier molecular flexibility index (Phi) is 5.03. The van der Waals surface area contributed by atoms with E-state index in [2.05, 4.69) is 0 Å². The van der Waals surface area contributed by atoms with Crippen LogP contribution in [0, 0.1) is 0 Å². The topological polar surface area (TPSA) is 171 Å². The van der Waals surface area contributed by atoms with Gasteiger partial charge in [-0.2, -0.15) is 0 Å². The first-order chi connectivity index (χ1) is 11.9. The lowest BCUT2D eigenvalue weighted by molar-refractivity contribution is -0.185. The van der Waals surface area contributed by atoms with Crippen LogP contribution in [0.5, 0.6) is 0 Å². The van der Waals surface area contributed by atoms with Crippen molar-refractivity contribution >= 4 is 29.3 Å². The van der Waals surface area contributed by atoms with Crippen molar-refractivity contribution in [3.63, 3.8) is 0 Å². The standard InChI is InChI=1S/C15H20N2O9/c1-6(18)10(22)11-14(24,7(2)19)15(25,8(3)20)12(26-11)17-5-4-9(21)16-13(17)23/h10-12,22,24-25H,4-5H2,1-3H3,(H,16,21,23)/t10?,11-,12-,14-,15+/m1/s1. The fraction of sp³-hybridized carbons (Fsp3) is 0.667. The Morgan fingerprint density at radius 1 is 1.15 bits per heavy atom. The van der Waals surface area contributed by atoms with Crippen LogP contribution in [0.2, 0.25) is 0 Å². The molecule has 5 atom stereocenters. The number of carbonyl (C=O) groups excluding carboxylic acids is 5. The molecule has 1 unspecified atom stereocenters. The number of nitrogens with zero attached hydrogens (tertiary/aromatic N) is 1. The number of hydrogen-bond acceptors (Lipinski definition) is 9. The summed E-state index contributed by atoms with van der Waals surface area (Å²) in [4.78, 5) is 60.1. The zero-order chi connectivity index (χ0) is 20.0. The molecule has 2 saturated heterocycles. The molecule has 0 radical (unpaired) electrons. The lowest BCUT2D eigenvalue weighted by Crippen LogP contribution is -2.71. The maximum atomic E-state index is 12.2. The van der Waals surface area contributed by atoms with Gasteiger partial charge in [0.05, 0.1) is 0 Å². The third kappa shape index (κ3) is 2.63. The number of urea groups is 1. The first-order valence-electron chi connectivity index (χ1n) is 7.80. The van der Waals surface area contributed by atoms with Crippen molar-refractivity contribution in [3.8, 4) is 0 Å². The molecule has 0 spiro atoms. The van der Waals surface area contributed by atoms with E-state index >= 15 is 0 Å². The average molecular weight is 372 g/mol. The van der Waals surface area contributed by atoms with Gasteiger partial charge >= 0.3 is 6.03 Å². The first-order valence-corrected chi connectivity index (χ1v) is 7.80. The third-order valence-corrected chi connectivity index (χ3v) is 4.77. The molecule has 144 valence electrons. The van der Waals surface area contributed by atoms with Crippen LogP contribution in [-0.2, 0) is 23.9 Å². The van der Waals surface area contributed by atoms with Gasteiger partial charge in [-0.15, -0.1) is 0 Å². The number of rotatable bonds is 5. The van der Waals surface area contributed by atoms with Gasteiger partial charge in [-0.1, -0.05) is 0 Å². The summed E-state index contributed by atoms with van der Waals surface area (Å²) >= 11 is 0. The van der Waals surface area contributed by atoms with Gasteiger partial charge in [-0.05, 0) is 20.8 Å². The number of amides is 3. The summed E-state index contributed by atoms with van der Waals surface area (Å²) < 4.78 is 5.32. The predicted octanol–water partition coefficient (Wildman–Crippen LogP) is -2.76. The van der Waals surface area contributed by atoms with Crippen LogP contribution < -0.4 is 5.32 Å². The first kappa shape index (κ1) is 20.1. The molecule has 2 fully saturated rings. The van der Waals surface area contributed by atoms with Crippen LogP contribution in [0.15, 0.2) is 0 Å². The fourth-order valence-electron chi connectivity index (χ4n) is 3.27. The van der Waals surface area contributed by atoms with Gasteiger partial charge in [0.2, 0.25) is 11.5 Å². The molecule has 3 amide bonds. The van der Waals surface area contributed by atoms with E-state index in [4.69, 9.17) is 4.74 Å². The number of carbonyl (C=O) groups is 5. The SMILES string of the molecule is CC(=O)C(O)[C@H]1O[C@@H](N2CCC(=O)NC2=O)[C@@](O)(C(C)=O)[C@@]1(O)C(C)=O. The Bertz CT molecular complexity index is 693. The van der Waals surface area contributed by atoms with Crippen LogP contribution in [0.3, 0.4) is 0 Å². The number of nitrogens with one attached hydrogen (secondary N) is 1. The summed E-state index contributed by atoms with van der Waals surface area (Å²) in [5.74, 6) is -3.75. The minimum atomic E-state index is -2.99. The Morgan fingerprint density at radius 2 is 1.69 bits per heavy atom. The molecule has 0 saturated carbocycles. The molecule has 2 aliphatic rings. The van der Waals surface area contributed by atoms with Crippen LogP contribution in [0.1, 0.15) is 27.2 Å². The van der Waals surface area contributed by atoms with Crippen molar-refractivity contribution < 1.29 is 44.0 Å². The van der Waals surface area contributed by atoms with Gasteiger partial charge in [0, 0.05) is 13.0 Å². The van der Waals surface area contributed by atoms with E-state index in [1.807, 2.05) is 5.32 Å². The highest BCUT2D eigenvalue weighted by molar-refractivity contribution is 6.01. The minimum absolute atomic E-state index is 0.183. The summed E-state index contributed by atoms with van der Waals surface area (Å²) in [6.07, 6.45) is -6.13. The third-order valence-electron chi connectivity index (χ3n) is 4.77. The molecule has 0 aliphatic carbocycles. The normalized spacial score (nSPS) is 35.8. The molecule has 2 rings (SSSR count). The Balaban J connectivity index is 2.60. The lowest BCUT2D eigenvalue weighted by atomic mass is 9.73. The van der Waals surface area contributed by atoms with Crippen LogP contribution in [0.25, 0.3) is 0 Å². The second kappa shape index (κ2) is 6.50. The maximum Gasteiger partial charge on any atom is 0.326 e. The molecule has 26 heavy (non-hydrogen) atoms. The minimum Gasteiger partial charge on any atom is -0.382 e. The molecule has 0 aromatic rings. The second-order valence-electron chi connectivity index (χ2n) is 6.41. The number of ketones is 3. The quantitative estimate of drug-likeness (QED) is 0.399. The molecule has 0 bridgehead atoms. The second-order valence-corrected chi connectivity index (χ2v) is 6.41. The monoisotopic (exact) mass is 372 g/mol. The van der Waals surface area contributed by atoms with E-state index in [9.17, 15) is 39.3 Å². The van der Waals surface area contributed by atoms with E-state index in [0.29, 0.717) is 0 Å². The van der Waals surface area contributed by atoms with Crippen molar-refractivity contribution in [3.05, 3.63) is 0 Å². The van der Waals surface area contributed by atoms with Crippen molar-refractivity contribution in [1.82, 2.24) is 10.2 Å². The Labute approximate surface area is 147 Å². The molecule has 2 heterocycles. The zero-order valence-corrected chi connectivity index (χ0v) is 14.4. The fourth-order valence-corrected chi connectivity index (χ4v) is 3.27. The lowest BCUT2D eigenvalue weighted by Gasteiger charge is -2.41. The Morgan fingerprint density at radius 3 is 2.12 bits per heavy atom. The molecular weight excluding hydrogens is 352 g/mol. The van der Waals surface area contributed by atoms with Crippen LogP contribution >= 0.6 is 0 Å². The maximum absolute atomic E-state index is 12.2. The molecule has 2 aliphatic heterocycles. The van der Waals surface area contributed by atoms with Crippen molar-refractivity contribution in [2.24, 2.45) is 0 Å². The summed E-state index contributed by atoms with van der Waals surface area (Å²) in [6, 6.07) is -1.02. The number of ether oxygens (including phenoxy) is 1. The number of aliphatic hydroxyl groups excluding tert-OH is 1. The average Bonchev–Trinajstić information content (AvgIpc) is 2.78. The van der Waals surface area contributed by atoms with Crippen LogP contribution in [0.4, 0.5) is 4.79 Å². The Hall–Kier alpha value is -2.21. The molecule has 0 aromatic heterocycles. The highest BCUT2D eigenvalue weighted by atomic mass is 16.6. The van der Waals surface area contributed by atoms with Crippen LogP contribution in [-0.4, -0.2) is 85.7 Å². The van der Waals surface area contributed by atoms with Gasteiger partial charge in [0.1, 0.15) is 12.2 Å². The van der Waals surface area contributed by atoms with Crippen molar-refractivity contribution in [2.75, 3.05) is 6.54 Å². The van der Waals surface area contributed by atoms with Gasteiger partial charge in [0.15, 0.2) is 29.2 Å². The van der Waals surface area contributed by atoms with Gasteiger partial charge in [0.25, 0.3) is 0 Å². The number of Topliss-reactive ketones (excluding diaryl/α,β-unsaturated/α-hetero) is 3. The summed E-state index contributed by atoms with van der Waals surface area (Å²) in [5, 5.41) is 33.9. The molecular formula is C15H20N2O9. The highest BCUT2D eigenvalue weighted by Crippen LogP contribution is 2.44. The predicted molar refractivity (Wildman–Crippen MR) is 81.5 cm³/mol. The molecule has 11 nitrogen and oxygen atoms in total. The smallest absolute Gasteiger partial charge is 0.326 e. The van der Waals surface area contributed by atoms with Gasteiger partial charge in [-0.25, -0.2) is 4.79 Å². The van der Waals surface area contributed by atoms with E-state index in [-0.39, 0.29) is 13.0 Å². The van der Waals surface area contributed by atoms with Crippen molar-refractivity contribution in [1.29, 1.82) is 0 Å².